The summed E-state index contributed by atoms with van der Waals surface area (Å²) in [6, 6.07) is 7.89. The Morgan fingerprint density at radius 2 is 1.91 bits per heavy atom. The van der Waals surface area contributed by atoms with Crippen molar-refractivity contribution in [2.75, 3.05) is 6.54 Å². The molecule has 6 heteroatoms. The van der Waals surface area contributed by atoms with Crippen LogP contribution < -0.4 is 5.32 Å². The first kappa shape index (κ1) is 16.1. The number of imidazole rings is 1. The number of benzene rings is 1. The molecule has 0 spiro atoms. The van der Waals surface area contributed by atoms with Gasteiger partial charge in [0, 0.05) is 26.0 Å². The molecule has 0 unspecified atom stereocenters. The number of hydrogen-bond donors (Lipinski definition) is 1. The molecule has 0 bridgehead atoms. The first-order valence-corrected chi connectivity index (χ1v) is 7.17. The zero-order chi connectivity index (χ0) is 16.2. The lowest BCUT2D eigenvalue weighted by Crippen LogP contribution is -2.40. The van der Waals surface area contributed by atoms with Gasteiger partial charge in [0.15, 0.2) is 5.82 Å². The third-order valence-electron chi connectivity index (χ3n) is 3.52. The van der Waals surface area contributed by atoms with Crippen LogP contribution in [0.15, 0.2) is 36.7 Å². The van der Waals surface area contributed by atoms with Gasteiger partial charge in [-0.05, 0) is 24.0 Å². The Balaban J connectivity index is 1.90. The van der Waals surface area contributed by atoms with Gasteiger partial charge in [0.05, 0.1) is 0 Å². The van der Waals surface area contributed by atoms with E-state index >= 15 is 0 Å². The van der Waals surface area contributed by atoms with Crippen LogP contribution in [0.5, 0.6) is 0 Å². The van der Waals surface area contributed by atoms with Gasteiger partial charge >= 0.3 is 5.92 Å². The monoisotopic (exact) mass is 307 g/mol. The second kappa shape index (κ2) is 6.68. The molecule has 1 aromatic carbocycles. The highest BCUT2D eigenvalue weighted by Crippen LogP contribution is 2.26. The Bertz CT molecular complexity index is 635. The van der Waals surface area contributed by atoms with Gasteiger partial charge in [-0.1, -0.05) is 31.2 Å². The average molecular weight is 307 g/mol. The van der Waals surface area contributed by atoms with E-state index in [1.165, 1.54) is 25.0 Å². The van der Waals surface area contributed by atoms with Gasteiger partial charge in [-0.3, -0.25) is 4.79 Å². The summed E-state index contributed by atoms with van der Waals surface area (Å²) in [5, 5.41) is 2.27. The van der Waals surface area contributed by atoms with E-state index in [2.05, 4.69) is 17.2 Å². The number of aromatic nitrogens is 2. The van der Waals surface area contributed by atoms with Crippen LogP contribution in [-0.4, -0.2) is 22.0 Å². The zero-order valence-electron chi connectivity index (χ0n) is 12.6. The van der Waals surface area contributed by atoms with E-state index < -0.39 is 17.7 Å². The standard InChI is InChI=1S/C16H19F2N3O/c1-3-12-4-6-13(7-5-12)8-9-20-15(22)16(17,18)14-19-10-11-21(14)2/h4-7,10-11H,3,8-9H2,1-2H3,(H,20,22). The summed E-state index contributed by atoms with van der Waals surface area (Å²) in [5.74, 6) is -5.52. The molecule has 118 valence electrons. The van der Waals surface area contributed by atoms with E-state index in [1.54, 1.807) is 0 Å². The molecule has 4 nitrogen and oxygen atoms in total. The zero-order valence-corrected chi connectivity index (χ0v) is 12.6. The molecule has 0 aliphatic heterocycles. The maximum absolute atomic E-state index is 14.0. The highest BCUT2D eigenvalue weighted by atomic mass is 19.3. The third kappa shape index (κ3) is 3.50. The van der Waals surface area contributed by atoms with Gasteiger partial charge in [0.2, 0.25) is 0 Å². The molecule has 0 saturated carbocycles. The Hall–Kier alpha value is -2.24. The molecule has 1 amide bonds. The van der Waals surface area contributed by atoms with Crippen LogP contribution >= 0.6 is 0 Å². The number of nitrogens with one attached hydrogen (secondary N) is 1. The van der Waals surface area contributed by atoms with Crippen molar-refractivity contribution in [3.63, 3.8) is 0 Å². The number of carbonyl (C=O) groups is 1. The van der Waals surface area contributed by atoms with Crippen molar-refractivity contribution in [2.45, 2.75) is 25.7 Å². The number of amides is 1. The minimum atomic E-state index is -3.63. The fourth-order valence-corrected chi connectivity index (χ4v) is 2.14. The molecular weight excluding hydrogens is 288 g/mol. The van der Waals surface area contributed by atoms with E-state index in [0.29, 0.717) is 6.42 Å². The van der Waals surface area contributed by atoms with Crippen molar-refractivity contribution in [3.8, 4) is 0 Å². The van der Waals surface area contributed by atoms with Crippen LogP contribution in [0, 0.1) is 0 Å². The number of nitrogens with zero attached hydrogens (tertiary/aromatic N) is 2. The van der Waals surface area contributed by atoms with Gasteiger partial charge in [-0.2, -0.15) is 8.78 Å². The largest absolute Gasteiger partial charge is 0.381 e. The molecule has 0 radical (unpaired) electrons. The van der Waals surface area contributed by atoms with Gasteiger partial charge in [-0.25, -0.2) is 4.98 Å². The van der Waals surface area contributed by atoms with Crippen molar-refractivity contribution >= 4 is 5.91 Å². The lowest BCUT2D eigenvalue weighted by Gasteiger charge is -2.15. The minimum Gasteiger partial charge on any atom is -0.350 e. The Morgan fingerprint density at radius 3 is 2.45 bits per heavy atom. The maximum Gasteiger partial charge on any atom is 0.381 e. The molecular formula is C16H19F2N3O. The highest BCUT2D eigenvalue weighted by molar-refractivity contribution is 5.83. The van der Waals surface area contributed by atoms with Crippen LogP contribution in [0.25, 0.3) is 0 Å². The molecule has 1 N–H and O–H groups in total. The summed E-state index contributed by atoms with van der Waals surface area (Å²) in [6.45, 7) is 2.22. The van der Waals surface area contributed by atoms with Crippen molar-refractivity contribution in [1.29, 1.82) is 0 Å². The van der Waals surface area contributed by atoms with Crippen molar-refractivity contribution in [2.24, 2.45) is 7.05 Å². The summed E-state index contributed by atoms with van der Waals surface area (Å²) in [5.41, 5.74) is 2.21. The van der Waals surface area contributed by atoms with E-state index in [9.17, 15) is 13.6 Å². The fourth-order valence-electron chi connectivity index (χ4n) is 2.14. The van der Waals surface area contributed by atoms with Crippen LogP contribution in [0.3, 0.4) is 0 Å². The van der Waals surface area contributed by atoms with E-state index in [0.717, 1.165) is 16.6 Å². The number of rotatable bonds is 6. The summed E-state index contributed by atoms with van der Waals surface area (Å²) in [6.07, 6.45) is 4.08. The third-order valence-corrected chi connectivity index (χ3v) is 3.52. The molecule has 2 rings (SSSR count). The maximum atomic E-state index is 14.0. The average Bonchev–Trinajstić information content (AvgIpc) is 2.94. The van der Waals surface area contributed by atoms with Crippen LogP contribution in [0.2, 0.25) is 0 Å². The number of alkyl halides is 2. The smallest absolute Gasteiger partial charge is 0.350 e. The summed E-state index contributed by atoms with van der Waals surface area (Å²) < 4.78 is 29.1. The van der Waals surface area contributed by atoms with Gasteiger partial charge in [-0.15, -0.1) is 0 Å². The van der Waals surface area contributed by atoms with E-state index in [1.807, 2.05) is 24.3 Å². The molecule has 0 saturated heterocycles. The van der Waals surface area contributed by atoms with Crippen molar-refractivity contribution in [3.05, 3.63) is 53.6 Å². The summed E-state index contributed by atoms with van der Waals surface area (Å²) in [7, 11) is 1.43. The number of aryl methyl sites for hydroxylation is 2. The molecule has 0 aliphatic carbocycles. The Kier molecular flexibility index (Phi) is 4.90. The Labute approximate surface area is 128 Å². The van der Waals surface area contributed by atoms with Gasteiger partial charge < -0.3 is 9.88 Å². The van der Waals surface area contributed by atoms with Crippen LogP contribution in [-0.2, 0) is 30.6 Å². The summed E-state index contributed by atoms with van der Waals surface area (Å²) >= 11 is 0. The molecule has 0 aliphatic rings. The molecule has 0 atom stereocenters. The lowest BCUT2D eigenvalue weighted by atomic mass is 10.1. The first-order chi connectivity index (χ1) is 10.4. The summed E-state index contributed by atoms with van der Waals surface area (Å²) in [4.78, 5) is 15.2. The fraction of sp³-hybridized carbons (Fsp3) is 0.375. The predicted octanol–water partition coefficient (Wildman–Crippen LogP) is 2.43. The van der Waals surface area contributed by atoms with E-state index in [-0.39, 0.29) is 6.54 Å². The molecule has 0 fully saturated rings. The molecule has 2 aromatic rings. The minimum absolute atomic E-state index is 0.157. The van der Waals surface area contributed by atoms with E-state index in [4.69, 9.17) is 0 Å². The first-order valence-electron chi connectivity index (χ1n) is 7.17. The normalized spacial score (nSPS) is 11.5. The highest BCUT2D eigenvalue weighted by Gasteiger charge is 2.44. The SMILES string of the molecule is CCc1ccc(CCNC(=O)C(F)(F)c2nccn2C)cc1. The van der Waals surface area contributed by atoms with Gasteiger partial charge in [0.25, 0.3) is 5.91 Å². The van der Waals surface area contributed by atoms with Crippen LogP contribution in [0.4, 0.5) is 8.78 Å². The van der Waals surface area contributed by atoms with Crippen molar-refractivity contribution in [1.82, 2.24) is 14.9 Å². The van der Waals surface area contributed by atoms with Crippen LogP contribution in [0.1, 0.15) is 23.9 Å². The molecule has 1 heterocycles. The second-order valence-corrected chi connectivity index (χ2v) is 5.11. The number of hydrogen-bond acceptors (Lipinski definition) is 2. The van der Waals surface area contributed by atoms with Gasteiger partial charge in [0.1, 0.15) is 0 Å². The molecule has 22 heavy (non-hydrogen) atoms. The lowest BCUT2D eigenvalue weighted by molar-refractivity contribution is -0.148. The quantitative estimate of drug-likeness (QED) is 0.891. The molecule has 1 aromatic heterocycles. The topological polar surface area (TPSA) is 46.9 Å². The predicted molar refractivity (Wildman–Crippen MR) is 79.6 cm³/mol. The van der Waals surface area contributed by atoms with Crippen molar-refractivity contribution < 1.29 is 13.6 Å². The number of carbonyl (C=O) groups excluding carboxylic acids is 1. The Morgan fingerprint density at radius 1 is 1.27 bits per heavy atom. The number of halogens is 2. The second-order valence-electron chi connectivity index (χ2n) is 5.11.